The third kappa shape index (κ3) is 3.35. The van der Waals surface area contributed by atoms with Crippen LogP contribution >= 0.6 is 0 Å². The van der Waals surface area contributed by atoms with E-state index in [1.165, 1.54) is 6.20 Å². The first-order valence-electron chi connectivity index (χ1n) is 7.64. The summed E-state index contributed by atoms with van der Waals surface area (Å²) in [6, 6.07) is 16.2. The molecule has 0 saturated carbocycles. The lowest BCUT2D eigenvalue weighted by atomic mass is 10.3. The molecule has 0 saturated heterocycles. The Morgan fingerprint density at radius 2 is 1.80 bits per heavy atom. The molecule has 3 aromatic rings. The highest BCUT2D eigenvalue weighted by Gasteiger charge is 2.14. The van der Waals surface area contributed by atoms with Crippen LogP contribution in [-0.4, -0.2) is 22.7 Å². The van der Waals surface area contributed by atoms with Crippen LogP contribution in [0.4, 0.5) is 17.3 Å². The lowest BCUT2D eigenvalue weighted by Crippen LogP contribution is -2.14. The average Bonchev–Trinajstić information content (AvgIpc) is 3.10. The van der Waals surface area contributed by atoms with E-state index in [1.807, 2.05) is 36.4 Å². The molecule has 0 fully saturated rings. The van der Waals surface area contributed by atoms with Crippen molar-refractivity contribution in [3.63, 3.8) is 0 Å². The third-order valence-corrected chi connectivity index (χ3v) is 3.55. The number of nitrogens with zero attached hydrogens (tertiary/aromatic N) is 2. The molecule has 0 atom stereocenters. The summed E-state index contributed by atoms with van der Waals surface area (Å²) in [7, 11) is 0. The summed E-state index contributed by atoms with van der Waals surface area (Å²) in [6.07, 6.45) is 1.53. The maximum Gasteiger partial charge on any atom is 0.274 e. The van der Waals surface area contributed by atoms with Crippen molar-refractivity contribution in [2.75, 3.05) is 17.4 Å². The number of fused-ring (bicyclic) bond motifs is 1. The van der Waals surface area contributed by atoms with Gasteiger partial charge in [-0.25, -0.2) is 9.97 Å². The van der Waals surface area contributed by atoms with Gasteiger partial charge < -0.3 is 20.1 Å². The third-order valence-electron chi connectivity index (χ3n) is 3.55. The minimum absolute atomic E-state index is 0.213. The first-order chi connectivity index (χ1) is 12.3. The number of carbonyl (C=O) groups excluding carboxylic acids is 1. The molecule has 0 spiro atoms. The SMILES string of the molecule is O=C(Nc1ccccc1)c1ccnc(Nc2ccc3c(c2)OCO3)n1. The quantitative estimate of drug-likeness (QED) is 0.762. The van der Waals surface area contributed by atoms with E-state index in [0.717, 1.165) is 5.69 Å². The van der Waals surface area contributed by atoms with Crippen molar-refractivity contribution >= 4 is 23.2 Å². The van der Waals surface area contributed by atoms with E-state index >= 15 is 0 Å². The molecule has 124 valence electrons. The molecule has 2 N–H and O–H groups in total. The minimum Gasteiger partial charge on any atom is -0.454 e. The first-order valence-corrected chi connectivity index (χ1v) is 7.64. The Balaban J connectivity index is 1.50. The number of carbonyl (C=O) groups is 1. The molecule has 1 aliphatic rings. The Kier molecular flexibility index (Phi) is 3.88. The highest BCUT2D eigenvalue weighted by molar-refractivity contribution is 6.02. The lowest BCUT2D eigenvalue weighted by Gasteiger charge is -2.08. The van der Waals surface area contributed by atoms with Crippen LogP contribution in [0.5, 0.6) is 11.5 Å². The van der Waals surface area contributed by atoms with Crippen LogP contribution in [0.1, 0.15) is 10.5 Å². The van der Waals surface area contributed by atoms with E-state index in [1.54, 1.807) is 18.2 Å². The summed E-state index contributed by atoms with van der Waals surface area (Å²) in [4.78, 5) is 20.7. The Bertz CT molecular complexity index is 915. The number of benzene rings is 2. The predicted molar refractivity (Wildman–Crippen MR) is 92.3 cm³/mol. The smallest absolute Gasteiger partial charge is 0.274 e. The zero-order chi connectivity index (χ0) is 17.1. The van der Waals surface area contributed by atoms with Gasteiger partial charge in [-0.05, 0) is 30.3 Å². The lowest BCUT2D eigenvalue weighted by molar-refractivity contribution is 0.102. The van der Waals surface area contributed by atoms with Crippen molar-refractivity contribution in [1.29, 1.82) is 0 Å². The number of ether oxygens (including phenoxy) is 2. The second kappa shape index (κ2) is 6.48. The molecule has 0 aliphatic carbocycles. The Hall–Kier alpha value is -3.61. The summed E-state index contributed by atoms with van der Waals surface area (Å²) in [5.41, 5.74) is 1.71. The minimum atomic E-state index is -0.303. The molecule has 7 nitrogen and oxygen atoms in total. The van der Waals surface area contributed by atoms with E-state index in [9.17, 15) is 4.79 Å². The molecule has 0 bridgehead atoms. The van der Waals surface area contributed by atoms with E-state index in [-0.39, 0.29) is 18.4 Å². The molecule has 0 unspecified atom stereocenters. The van der Waals surface area contributed by atoms with Gasteiger partial charge in [0.15, 0.2) is 11.5 Å². The van der Waals surface area contributed by atoms with Gasteiger partial charge in [0.2, 0.25) is 12.7 Å². The first kappa shape index (κ1) is 14.9. The van der Waals surface area contributed by atoms with Crippen LogP contribution < -0.4 is 20.1 Å². The molecule has 0 radical (unpaired) electrons. The van der Waals surface area contributed by atoms with Gasteiger partial charge in [-0.3, -0.25) is 4.79 Å². The number of nitrogens with one attached hydrogen (secondary N) is 2. The van der Waals surface area contributed by atoms with Crippen LogP contribution in [0.2, 0.25) is 0 Å². The topological polar surface area (TPSA) is 85.4 Å². The summed E-state index contributed by atoms with van der Waals surface area (Å²) < 4.78 is 10.6. The van der Waals surface area contributed by atoms with Gasteiger partial charge in [0, 0.05) is 23.6 Å². The van der Waals surface area contributed by atoms with Gasteiger partial charge in [0.1, 0.15) is 5.69 Å². The molecule has 2 heterocycles. The highest BCUT2D eigenvalue weighted by atomic mass is 16.7. The van der Waals surface area contributed by atoms with Crippen molar-refractivity contribution in [1.82, 2.24) is 9.97 Å². The maximum atomic E-state index is 12.3. The van der Waals surface area contributed by atoms with Crippen molar-refractivity contribution in [2.24, 2.45) is 0 Å². The van der Waals surface area contributed by atoms with Gasteiger partial charge in [-0.1, -0.05) is 18.2 Å². The van der Waals surface area contributed by atoms with Crippen LogP contribution in [0.25, 0.3) is 0 Å². The zero-order valence-electron chi connectivity index (χ0n) is 13.1. The largest absolute Gasteiger partial charge is 0.454 e. The molecule has 4 rings (SSSR count). The van der Waals surface area contributed by atoms with Gasteiger partial charge >= 0.3 is 0 Å². The molecule has 1 aromatic heterocycles. The fraction of sp³-hybridized carbons (Fsp3) is 0.0556. The number of anilines is 3. The normalized spacial score (nSPS) is 11.8. The molecular formula is C18H14N4O3. The summed E-state index contributed by atoms with van der Waals surface area (Å²) in [5.74, 6) is 1.37. The van der Waals surface area contributed by atoms with Gasteiger partial charge in [-0.2, -0.15) is 0 Å². The zero-order valence-corrected chi connectivity index (χ0v) is 13.1. The molecular weight excluding hydrogens is 320 g/mol. The van der Waals surface area contributed by atoms with E-state index in [4.69, 9.17) is 9.47 Å². The monoisotopic (exact) mass is 334 g/mol. The second-order valence-electron chi connectivity index (χ2n) is 5.28. The Morgan fingerprint density at radius 1 is 0.960 bits per heavy atom. The number of amides is 1. The van der Waals surface area contributed by atoms with E-state index in [2.05, 4.69) is 20.6 Å². The van der Waals surface area contributed by atoms with Gasteiger partial charge in [0.05, 0.1) is 0 Å². The fourth-order valence-corrected chi connectivity index (χ4v) is 2.37. The molecule has 7 heteroatoms. The van der Waals surface area contributed by atoms with Crippen molar-refractivity contribution < 1.29 is 14.3 Å². The second-order valence-corrected chi connectivity index (χ2v) is 5.28. The number of hydrogen-bond donors (Lipinski definition) is 2. The number of hydrogen-bond acceptors (Lipinski definition) is 6. The predicted octanol–water partition coefficient (Wildman–Crippen LogP) is 3.20. The molecule has 25 heavy (non-hydrogen) atoms. The van der Waals surface area contributed by atoms with Crippen molar-refractivity contribution in [3.8, 4) is 11.5 Å². The van der Waals surface area contributed by atoms with Crippen LogP contribution in [-0.2, 0) is 0 Å². The van der Waals surface area contributed by atoms with Crippen LogP contribution in [0, 0.1) is 0 Å². The van der Waals surface area contributed by atoms with Crippen molar-refractivity contribution in [2.45, 2.75) is 0 Å². The van der Waals surface area contributed by atoms with Gasteiger partial charge in [0.25, 0.3) is 5.91 Å². The number of para-hydroxylation sites is 1. The van der Waals surface area contributed by atoms with Gasteiger partial charge in [-0.15, -0.1) is 0 Å². The molecule has 2 aromatic carbocycles. The standard InChI is InChI=1S/C18H14N4O3/c23-17(20-12-4-2-1-3-5-12)14-8-9-19-18(22-14)21-13-6-7-15-16(10-13)25-11-24-15/h1-10H,11H2,(H,20,23)(H,19,21,22). The summed E-state index contributed by atoms with van der Waals surface area (Å²) in [6.45, 7) is 0.213. The Labute approximate surface area is 143 Å². The molecule has 1 aliphatic heterocycles. The Morgan fingerprint density at radius 3 is 2.68 bits per heavy atom. The van der Waals surface area contributed by atoms with Crippen LogP contribution in [0.3, 0.4) is 0 Å². The fourth-order valence-electron chi connectivity index (χ4n) is 2.37. The maximum absolute atomic E-state index is 12.3. The molecule has 1 amide bonds. The van der Waals surface area contributed by atoms with E-state index < -0.39 is 0 Å². The van der Waals surface area contributed by atoms with Crippen molar-refractivity contribution in [3.05, 3.63) is 66.5 Å². The average molecular weight is 334 g/mol. The highest BCUT2D eigenvalue weighted by Crippen LogP contribution is 2.34. The van der Waals surface area contributed by atoms with Crippen LogP contribution in [0.15, 0.2) is 60.8 Å². The van der Waals surface area contributed by atoms with E-state index in [0.29, 0.717) is 23.1 Å². The number of aromatic nitrogens is 2. The summed E-state index contributed by atoms with van der Waals surface area (Å²) in [5, 5.41) is 5.84. The summed E-state index contributed by atoms with van der Waals surface area (Å²) >= 11 is 0. The number of rotatable bonds is 4.